The van der Waals surface area contributed by atoms with E-state index in [1.807, 2.05) is 13.8 Å². The van der Waals surface area contributed by atoms with Crippen molar-refractivity contribution < 1.29 is 14.4 Å². The molecule has 0 aromatic carbocycles. The maximum absolute atomic E-state index is 11.8. The minimum atomic E-state index is -0.851. The van der Waals surface area contributed by atoms with Gasteiger partial charge < -0.3 is 14.9 Å². The molecule has 0 bridgehead atoms. The molecule has 0 aliphatic carbocycles. The van der Waals surface area contributed by atoms with Crippen LogP contribution in [0.1, 0.15) is 44.2 Å². The standard InChI is InChI=1S/C15H26N2O3S/c1-10(2)6-15(5,19)9-16-14(18)8-21-7-13-11(3)17-20-12(13)4/h10,19H,6-9H2,1-5H3,(H,16,18). The smallest absolute Gasteiger partial charge is 0.230 e. The van der Waals surface area contributed by atoms with Crippen molar-refractivity contribution in [3.63, 3.8) is 0 Å². The van der Waals surface area contributed by atoms with Gasteiger partial charge in [-0.15, -0.1) is 11.8 Å². The predicted molar refractivity (Wildman–Crippen MR) is 85.2 cm³/mol. The van der Waals surface area contributed by atoms with Crippen molar-refractivity contribution in [2.24, 2.45) is 5.92 Å². The number of nitrogens with zero attached hydrogens (tertiary/aromatic N) is 1. The first kappa shape index (κ1) is 18.0. The Morgan fingerprint density at radius 3 is 2.67 bits per heavy atom. The van der Waals surface area contributed by atoms with Gasteiger partial charge in [0.25, 0.3) is 0 Å². The van der Waals surface area contributed by atoms with E-state index in [-0.39, 0.29) is 12.5 Å². The van der Waals surface area contributed by atoms with E-state index >= 15 is 0 Å². The number of rotatable bonds is 8. The zero-order valence-electron chi connectivity index (χ0n) is 13.5. The maximum atomic E-state index is 11.8. The van der Waals surface area contributed by atoms with Crippen molar-refractivity contribution in [3.8, 4) is 0 Å². The van der Waals surface area contributed by atoms with Crippen molar-refractivity contribution in [1.29, 1.82) is 0 Å². The van der Waals surface area contributed by atoms with Crippen LogP contribution in [-0.2, 0) is 10.5 Å². The highest BCUT2D eigenvalue weighted by Crippen LogP contribution is 2.19. The molecule has 0 spiro atoms. The van der Waals surface area contributed by atoms with Crippen molar-refractivity contribution >= 4 is 17.7 Å². The molecule has 5 nitrogen and oxygen atoms in total. The van der Waals surface area contributed by atoms with Gasteiger partial charge in [0.1, 0.15) is 5.76 Å². The average molecular weight is 314 g/mol. The van der Waals surface area contributed by atoms with Crippen molar-refractivity contribution in [3.05, 3.63) is 17.0 Å². The number of carbonyl (C=O) groups excluding carboxylic acids is 1. The van der Waals surface area contributed by atoms with Gasteiger partial charge in [0.05, 0.1) is 17.0 Å². The van der Waals surface area contributed by atoms with E-state index in [9.17, 15) is 9.90 Å². The lowest BCUT2D eigenvalue weighted by Gasteiger charge is -2.25. The summed E-state index contributed by atoms with van der Waals surface area (Å²) in [5.41, 5.74) is 1.08. The molecule has 0 saturated carbocycles. The Morgan fingerprint density at radius 1 is 1.48 bits per heavy atom. The lowest BCUT2D eigenvalue weighted by molar-refractivity contribution is -0.119. The molecule has 0 aliphatic heterocycles. The van der Waals surface area contributed by atoms with Gasteiger partial charge in [-0.3, -0.25) is 4.79 Å². The highest BCUT2D eigenvalue weighted by Gasteiger charge is 2.22. The first-order chi connectivity index (χ1) is 9.71. The zero-order valence-corrected chi connectivity index (χ0v) is 14.3. The Labute approximate surface area is 130 Å². The summed E-state index contributed by atoms with van der Waals surface area (Å²) in [5.74, 6) is 2.21. The van der Waals surface area contributed by atoms with Crippen LogP contribution in [0.3, 0.4) is 0 Å². The molecule has 1 amide bonds. The number of hydrogen-bond acceptors (Lipinski definition) is 5. The van der Waals surface area contributed by atoms with Crippen LogP contribution in [0, 0.1) is 19.8 Å². The number of amides is 1. The second-order valence-corrected chi connectivity index (χ2v) is 7.15. The topological polar surface area (TPSA) is 75.4 Å². The SMILES string of the molecule is Cc1noc(C)c1CSCC(=O)NCC(C)(O)CC(C)C. The third kappa shape index (κ3) is 6.52. The monoisotopic (exact) mass is 314 g/mol. The quantitative estimate of drug-likeness (QED) is 0.771. The number of carbonyl (C=O) groups is 1. The molecule has 0 saturated heterocycles. The fraction of sp³-hybridized carbons (Fsp3) is 0.733. The minimum Gasteiger partial charge on any atom is -0.388 e. The fourth-order valence-corrected chi connectivity index (χ4v) is 3.25. The first-order valence-corrected chi connectivity index (χ1v) is 8.35. The van der Waals surface area contributed by atoms with E-state index in [2.05, 4.69) is 24.3 Å². The maximum Gasteiger partial charge on any atom is 0.230 e. The zero-order chi connectivity index (χ0) is 16.0. The molecule has 6 heteroatoms. The molecule has 1 aromatic heterocycles. The van der Waals surface area contributed by atoms with Crippen LogP contribution in [0.15, 0.2) is 4.52 Å². The van der Waals surface area contributed by atoms with Crippen LogP contribution in [0.5, 0.6) is 0 Å². The van der Waals surface area contributed by atoms with Crippen LogP contribution in [0.25, 0.3) is 0 Å². The second kappa shape index (κ2) is 7.84. The Balaban J connectivity index is 2.29. The number of hydrogen-bond donors (Lipinski definition) is 2. The molecule has 21 heavy (non-hydrogen) atoms. The molecule has 0 fully saturated rings. The highest BCUT2D eigenvalue weighted by atomic mass is 32.2. The average Bonchev–Trinajstić information content (AvgIpc) is 2.66. The van der Waals surface area contributed by atoms with E-state index in [4.69, 9.17) is 4.52 Å². The van der Waals surface area contributed by atoms with Gasteiger partial charge in [-0.05, 0) is 33.1 Å². The van der Waals surface area contributed by atoms with Crippen LogP contribution in [0.4, 0.5) is 0 Å². The molecule has 1 unspecified atom stereocenters. The molecular weight excluding hydrogens is 288 g/mol. The summed E-state index contributed by atoms with van der Waals surface area (Å²) in [6, 6.07) is 0. The molecule has 0 aliphatic rings. The highest BCUT2D eigenvalue weighted by molar-refractivity contribution is 7.99. The Kier molecular flexibility index (Phi) is 6.74. The van der Waals surface area contributed by atoms with Crippen molar-refractivity contribution in [1.82, 2.24) is 10.5 Å². The third-order valence-corrected chi connectivity index (χ3v) is 4.13. The van der Waals surface area contributed by atoms with Gasteiger partial charge >= 0.3 is 0 Å². The lowest BCUT2D eigenvalue weighted by Crippen LogP contribution is -2.42. The summed E-state index contributed by atoms with van der Waals surface area (Å²) in [6.45, 7) is 9.92. The molecule has 2 N–H and O–H groups in total. The van der Waals surface area contributed by atoms with Gasteiger partial charge in [-0.1, -0.05) is 19.0 Å². The molecule has 0 radical (unpaired) electrons. The number of nitrogens with one attached hydrogen (secondary N) is 1. The van der Waals surface area contributed by atoms with Crippen LogP contribution < -0.4 is 5.32 Å². The van der Waals surface area contributed by atoms with Crippen LogP contribution in [0.2, 0.25) is 0 Å². The Morgan fingerprint density at radius 2 is 2.14 bits per heavy atom. The van der Waals surface area contributed by atoms with E-state index in [0.717, 1.165) is 17.0 Å². The molecular formula is C15H26N2O3S. The van der Waals surface area contributed by atoms with Gasteiger partial charge in [0.2, 0.25) is 5.91 Å². The summed E-state index contributed by atoms with van der Waals surface area (Å²) in [6.07, 6.45) is 0.666. The molecule has 1 atom stereocenters. The van der Waals surface area contributed by atoms with Crippen LogP contribution in [-0.4, -0.2) is 34.1 Å². The second-order valence-electron chi connectivity index (χ2n) is 6.17. The van der Waals surface area contributed by atoms with E-state index in [1.54, 1.807) is 6.92 Å². The first-order valence-electron chi connectivity index (χ1n) is 7.20. The summed E-state index contributed by atoms with van der Waals surface area (Å²) >= 11 is 1.52. The van der Waals surface area contributed by atoms with Crippen molar-refractivity contribution in [2.45, 2.75) is 52.4 Å². The van der Waals surface area contributed by atoms with Gasteiger partial charge in [0.15, 0.2) is 0 Å². The molecule has 1 rings (SSSR count). The molecule has 120 valence electrons. The largest absolute Gasteiger partial charge is 0.388 e. The molecule has 1 heterocycles. The molecule has 1 aromatic rings. The Bertz CT molecular complexity index is 450. The van der Waals surface area contributed by atoms with E-state index < -0.39 is 5.60 Å². The predicted octanol–water partition coefficient (Wildman–Crippen LogP) is 2.44. The van der Waals surface area contributed by atoms with E-state index in [1.165, 1.54) is 11.8 Å². The van der Waals surface area contributed by atoms with E-state index in [0.29, 0.717) is 23.8 Å². The van der Waals surface area contributed by atoms with Crippen molar-refractivity contribution in [2.75, 3.05) is 12.3 Å². The summed E-state index contributed by atoms with van der Waals surface area (Å²) in [4.78, 5) is 11.8. The number of aryl methyl sites for hydroxylation is 2. The fourth-order valence-electron chi connectivity index (χ4n) is 2.25. The summed E-state index contributed by atoms with van der Waals surface area (Å²) in [7, 11) is 0. The Hall–Kier alpha value is -1.01. The third-order valence-electron chi connectivity index (χ3n) is 3.18. The number of thioether (sulfide) groups is 1. The van der Waals surface area contributed by atoms with Gasteiger partial charge in [-0.2, -0.15) is 0 Å². The van der Waals surface area contributed by atoms with Crippen LogP contribution >= 0.6 is 11.8 Å². The summed E-state index contributed by atoms with van der Waals surface area (Å²) in [5, 5.41) is 16.8. The summed E-state index contributed by atoms with van der Waals surface area (Å²) < 4.78 is 5.08. The minimum absolute atomic E-state index is 0.0595. The number of aromatic nitrogens is 1. The van der Waals surface area contributed by atoms with Gasteiger partial charge in [0, 0.05) is 17.9 Å². The number of aliphatic hydroxyl groups is 1. The normalized spacial score (nSPS) is 14.2. The lowest BCUT2D eigenvalue weighted by atomic mass is 9.94. The van der Waals surface area contributed by atoms with Gasteiger partial charge in [-0.25, -0.2) is 0 Å².